The summed E-state index contributed by atoms with van der Waals surface area (Å²) in [6.45, 7) is 0. The highest BCUT2D eigenvalue weighted by atomic mass is 35.5. The first-order valence-corrected chi connectivity index (χ1v) is 8.97. The summed E-state index contributed by atoms with van der Waals surface area (Å²) in [4.78, 5) is 2.17. The van der Waals surface area contributed by atoms with Crippen LogP contribution in [0.2, 0.25) is 15.1 Å². The molecule has 0 fully saturated rings. The van der Waals surface area contributed by atoms with Crippen molar-refractivity contribution < 1.29 is 0 Å². The van der Waals surface area contributed by atoms with E-state index in [0.717, 1.165) is 26.4 Å². The van der Waals surface area contributed by atoms with E-state index in [1.54, 1.807) is 17.4 Å². The first-order chi connectivity index (χ1) is 10.6. The summed E-state index contributed by atoms with van der Waals surface area (Å²) in [5, 5.41) is 1.96. The topological polar surface area (TPSA) is 0 Å². The molecule has 0 unspecified atom stereocenters. The van der Waals surface area contributed by atoms with Crippen LogP contribution in [0.4, 0.5) is 0 Å². The van der Waals surface area contributed by atoms with E-state index in [1.807, 2.05) is 36.4 Å². The number of hydrogen-bond donors (Lipinski definition) is 0. The molecule has 0 saturated carbocycles. The normalized spacial score (nSPS) is 10.9. The third-order valence-electron chi connectivity index (χ3n) is 3.25. The number of hydrogen-bond acceptors (Lipinski definition) is 1. The van der Waals surface area contributed by atoms with Gasteiger partial charge in [0.1, 0.15) is 0 Å². The van der Waals surface area contributed by atoms with E-state index in [4.69, 9.17) is 46.4 Å². The minimum Gasteiger partial charge on any atom is -0.138 e. The van der Waals surface area contributed by atoms with Gasteiger partial charge in [-0.05, 0) is 35.9 Å². The van der Waals surface area contributed by atoms with Crippen molar-refractivity contribution in [2.75, 3.05) is 0 Å². The first-order valence-electron chi connectivity index (χ1n) is 6.48. The monoisotopic (exact) mass is 386 g/mol. The van der Waals surface area contributed by atoms with Crippen molar-refractivity contribution in [2.24, 2.45) is 0 Å². The van der Waals surface area contributed by atoms with Gasteiger partial charge in [-0.1, -0.05) is 53.0 Å². The number of thiophene rings is 1. The summed E-state index contributed by atoms with van der Waals surface area (Å²) >= 11 is 26.0. The molecule has 22 heavy (non-hydrogen) atoms. The van der Waals surface area contributed by atoms with Crippen LogP contribution >= 0.6 is 57.7 Å². The van der Waals surface area contributed by atoms with Crippen LogP contribution in [0, 0.1) is 0 Å². The molecule has 0 aliphatic carbocycles. The highest BCUT2D eigenvalue weighted by Gasteiger charge is 2.15. The lowest BCUT2D eigenvalue weighted by Crippen LogP contribution is -1.81. The fourth-order valence-electron chi connectivity index (χ4n) is 2.23. The molecule has 1 heterocycles. The van der Waals surface area contributed by atoms with Gasteiger partial charge >= 0.3 is 0 Å². The van der Waals surface area contributed by atoms with Crippen molar-refractivity contribution in [2.45, 2.75) is 5.88 Å². The molecule has 0 amide bonds. The van der Waals surface area contributed by atoms with Crippen LogP contribution in [0.25, 0.3) is 21.6 Å². The second-order valence-corrected chi connectivity index (χ2v) is 7.40. The second kappa shape index (κ2) is 6.82. The molecule has 0 N–H and O–H groups in total. The van der Waals surface area contributed by atoms with Crippen molar-refractivity contribution in [3.63, 3.8) is 0 Å². The van der Waals surface area contributed by atoms with Crippen molar-refractivity contribution in [3.8, 4) is 21.6 Å². The van der Waals surface area contributed by atoms with E-state index in [9.17, 15) is 0 Å². The lowest BCUT2D eigenvalue weighted by atomic mass is 10.0. The zero-order valence-electron chi connectivity index (χ0n) is 11.2. The smallest absolute Gasteiger partial charge is 0.0568 e. The highest BCUT2D eigenvalue weighted by molar-refractivity contribution is 7.16. The number of halogens is 4. The largest absolute Gasteiger partial charge is 0.138 e. The Kier molecular flexibility index (Phi) is 5.01. The number of benzene rings is 2. The Morgan fingerprint density at radius 3 is 2.09 bits per heavy atom. The summed E-state index contributed by atoms with van der Waals surface area (Å²) < 4.78 is 0. The molecule has 0 radical (unpaired) electrons. The Morgan fingerprint density at radius 2 is 1.45 bits per heavy atom. The minimum absolute atomic E-state index is 0.469. The molecule has 0 bridgehead atoms. The van der Waals surface area contributed by atoms with Gasteiger partial charge in [-0.15, -0.1) is 22.9 Å². The maximum atomic E-state index is 6.37. The van der Waals surface area contributed by atoms with Gasteiger partial charge in [-0.3, -0.25) is 0 Å². The first kappa shape index (κ1) is 16.2. The van der Waals surface area contributed by atoms with Crippen LogP contribution in [0.3, 0.4) is 0 Å². The molecule has 3 aromatic rings. The molecule has 1 aromatic heterocycles. The van der Waals surface area contributed by atoms with Crippen LogP contribution in [0.1, 0.15) is 4.88 Å². The Labute approximate surface area is 153 Å². The zero-order chi connectivity index (χ0) is 15.7. The molecule has 3 rings (SSSR count). The summed E-state index contributed by atoms with van der Waals surface area (Å²) in [7, 11) is 0. The van der Waals surface area contributed by atoms with Gasteiger partial charge in [0, 0.05) is 30.9 Å². The molecule has 0 saturated heterocycles. The number of rotatable bonds is 3. The molecular weight excluding hydrogens is 378 g/mol. The van der Waals surface area contributed by atoms with E-state index in [1.165, 1.54) is 0 Å². The summed E-state index contributed by atoms with van der Waals surface area (Å²) in [5.41, 5.74) is 3.14. The fourth-order valence-corrected chi connectivity index (χ4v) is 4.22. The molecule has 5 heteroatoms. The van der Waals surface area contributed by atoms with Gasteiger partial charge in [-0.25, -0.2) is 0 Å². The third-order valence-corrected chi connectivity index (χ3v) is 5.66. The van der Waals surface area contributed by atoms with Crippen LogP contribution in [-0.2, 0) is 5.88 Å². The zero-order valence-corrected chi connectivity index (χ0v) is 15.1. The SMILES string of the molecule is ClCc1cc(-c2ccc(Cl)cc2)c(-c2ccc(Cl)cc2Cl)s1. The second-order valence-electron chi connectivity index (χ2n) is 4.72. The quantitative estimate of drug-likeness (QED) is 0.402. The Balaban J connectivity index is 2.18. The lowest BCUT2D eigenvalue weighted by molar-refractivity contribution is 1.53. The van der Waals surface area contributed by atoms with Crippen LogP contribution in [0.15, 0.2) is 48.5 Å². The molecule has 0 nitrogen and oxygen atoms in total. The molecule has 0 aliphatic rings. The Bertz CT molecular complexity index is 806. The summed E-state index contributed by atoms with van der Waals surface area (Å²) in [6.07, 6.45) is 0. The van der Waals surface area contributed by atoms with Crippen LogP contribution in [-0.4, -0.2) is 0 Å². The number of alkyl halides is 1. The van der Waals surface area contributed by atoms with Gasteiger partial charge in [0.2, 0.25) is 0 Å². The van der Waals surface area contributed by atoms with E-state index in [2.05, 4.69) is 6.07 Å². The van der Waals surface area contributed by atoms with Crippen molar-refractivity contribution in [1.82, 2.24) is 0 Å². The van der Waals surface area contributed by atoms with Gasteiger partial charge < -0.3 is 0 Å². The third kappa shape index (κ3) is 3.29. The molecule has 0 aliphatic heterocycles. The highest BCUT2D eigenvalue weighted by Crippen LogP contribution is 2.43. The maximum Gasteiger partial charge on any atom is 0.0568 e. The maximum absolute atomic E-state index is 6.37. The molecule has 0 atom stereocenters. The van der Waals surface area contributed by atoms with E-state index in [0.29, 0.717) is 20.9 Å². The van der Waals surface area contributed by atoms with Gasteiger partial charge in [-0.2, -0.15) is 0 Å². The van der Waals surface area contributed by atoms with Gasteiger partial charge in [0.15, 0.2) is 0 Å². The standard InChI is InChI=1S/C17H10Cl4S/c18-9-13-8-15(10-1-3-11(19)4-2-10)17(22-13)14-6-5-12(20)7-16(14)21/h1-8H,9H2. The molecule has 0 spiro atoms. The van der Waals surface area contributed by atoms with Crippen molar-refractivity contribution in [1.29, 1.82) is 0 Å². The van der Waals surface area contributed by atoms with Gasteiger partial charge in [0.25, 0.3) is 0 Å². The Hall–Kier alpha value is -0.700. The molecule has 2 aromatic carbocycles. The van der Waals surface area contributed by atoms with E-state index in [-0.39, 0.29) is 0 Å². The average molecular weight is 388 g/mol. The van der Waals surface area contributed by atoms with E-state index >= 15 is 0 Å². The summed E-state index contributed by atoms with van der Waals surface area (Å²) in [5.74, 6) is 0.469. The summed E-state index contributed by atoms with van der Waals surface area (Å²) in [6, 6.07) is 15.4. The molecule has 112 valence electrons. The predicted molar refractivity (Wildman–Crippen MR) is 99.8 cm³/mol. The van der Waals surface area contributed by atoms with E-state index < -0.39 is 0 Å². The van der Waals surface area contributed by atoms with Crippen LogP contribution < -0.4 is 0 Å². The minimum atomic E-state index is 0.469. The van der Waals surface area contributed by atoms with Crippen molar-refractivity contribution in [3.05, 3.63) is 68.5 Å². The lowest BCUT2D eigenvalue weighted by Gasteiger charge is -2.07. The fraction of sp³-hybridized carbons (Fsp3) is 0.0588. The Morgan fingerprint density at radius 1 is 0.773 bits per heavy atom. The predicted octanol–water partition coefficient (Wildman–Crippen LogP) is 7.78. The average Bonchev–Trinajstić information content (AvgIpc) is 2.92. The van der Waals surface area contributed by atoms with Gasteiger partial charge in [0.05, 0.1) is 10.9 Å². The van der Waals surface area contributed by atoms with Crippen molar-refractivity contribution >= 4 is 57.7 Å². The molecular formula is C17H10Cl4S. The van der Waals surface area contributed by atoms with Crippen LogP contribution in [0.5, 0.6) is 0 Å².